The third-order valence-corrected chi connectivity index (χ3v) is 7.20. The number of hydrogen-bond acceptors (Lipinski definition) is 5. The first kappa shape index (κ1) is 26.4. The molecule has 0 aromatic heterocycles. The zero-order valence-corrected chi connectivity index (χ0v) is 22.4. The van der Waals surface area contributed by atoms with Crippen LogP contribution in [-0.4, -0.2) is 54.9 Å². The first-order valence-corrected chi connectivity index (χ1v) is 13.5. The molecule has 0 bridgehead atoms. The molecule has 2 aliphatic heterocycles. The molecule has 2 aliphatic rings. The highest BCUT2D eigenvalue weighted by atomic mass is 16.5. The lowest BCUT2D eigenvalue weighted by Gasteiger charge is -2.33. The molecule has 39 heavy (non-hydrogen) atoms. The summed E-state index contributed by atoms with van der Waals surface area (Å²) in [6, 6.07) is 21.7. The average molecular weight is 527 g/mol. The van der Waals surface area contributed by atoms with Crippen LogP contribution in [0.25, 0.3) is 0 Å². The van der Waals surface area contributed by atoms with E-state index in [9.17, 15) is 14.4 Å². The minimum atomic E-state index is -0.813. The molecule has 2 N–H and O–H groups in total. The van der Waals surface area contributed by atoms with Crippen molar-refractivity contribution in [1.82, 2.24) is 10.2 Å². The van der Waals surface area contributed by atoms with Gasteiger partial charge in [-0.25, -0.2) is 0 Å². The fraction of sp³-hybridized carbons (Fsp3) is 0.323. The largest absolute Gasteiger partial charge is 0.481 e. The molecule has 1 saturated heterocycles. The van der Waals surface area contributed by atoms with Gasteiger partial charge in [-0.15, -0.1) is 0 Å². The van der Waals surface area contributed by atoms with Gasteiger partial charge in [0.25, 0.3) is 11.8 Å². The van der Waals surface area contributed by atoms with E-state index in [1.165, 1.54) is 0 Å². The molecular weight excluding hydrogens is 492 g/mol. The fourth-order valence-electron chi connectivity index (χ4n) is 5.12. The monoisotopic (exact) mass is 526 g/mol. The van der Waals surface area contributed by atoms with Gasteiger partial charge in [0, 0.05) is 25.2 Å². The van der Waals surface area contributed by atoms with Crippen molar-refractivity contribution in [3.63, 3.8) is 0 Å². The third-order valence-electron chi connectivity index (χ3n) is 7.20. The Morgan fingerprint density at radius 3 is 2.51 bits per heavy atom. The van der Waals surface area contributed by atoms with Gasteiger partial charge in [0.1, 0.15) is 5.75 Å². The summed E-state index contributed by atoms with van der Waals surface area (Å²) in [6.45, 7) is 6.63. The third kappa shape index (κ3) is 5.96. The summed E-state index contributed by atoms with van der Waals surface area (Å²) in [5.41, 5.74) is 3.39. The standard InChI is InChI=1S/C31H34N4O4/c1-21-9-11-23(12-10-21)28-20-29(36)33-26-19-24(31(38)34-17-6-15-32-16-18-34)13-14-27(26)35(28)30(37)22(2)39-25-7-4-3-5-8-25/h3-5,7-14,19,22,28,32H,6,15-18,20H2,1-2H3,(H,33,36). The van der Waals surface area contributed by atoms with E-state index in [0.717, 1.165) is 30.6 Å². The van der Waals surface area contributed by atoms with Crippen LogP contribution < -0.4 is 20.3 Å². The van der Waals surface area contributed by atoms with E-state index in [1.54, 1.807) is 42.2 Å². The fourth-order valence-corrected chi connectivity index (χ4v) is 5.12. The minimum Gasteiger partial charge on any atom is -0.481 e. The topological polar surface area (TPSA) is 91.0 Å². The first-order chi connectivity index (χ1) is 18.9. The number of nitrogens with one attached hydrogen (secondary N) is 2. The van der Waals surface area contributed by atoms with Crippen LogP contribution >= 0.6 is 0 Å². The van der Waals surface area contributed by atoms with Crippen LogP contribution in [0.3, 0.4) is 0 Å². The molecule has 1 fully saturated rings. The lowest BCUT2D eigenvalue weighted by atomic mass is 9.99. The first-order valence-electron chi connectivity index (χ1n) is 13.5. The summed E-state index contributed by atoms with van der Waals surface area (Å²) >= 11 is 0. The summed E-state index contributed by atoms with van der Waals surface area (Å²) in [7, 11) is 0. The highest BCUT2D eigenvalue weighted by Crippen LogP contribution is 2.39. The molecule has 202 valence electrons. The molecule has 2 unspecified atom stereocenters. The smallest absolute Gasteiger partial charge is 0.268 e. The van der Waals surface area contributed by atoms with Crippen LogP contribution in [0.1, 0.15) is 47.3 Å². The summed E-state index contributed by atoms with van der Waals surface area (Å²) in [6.07, 6.45) is 0.142. The molecule has 8 heteroatoms. The van der Waals surface area contributed by atoms with E-state index in [4.69, 9.17) is 4.74 Å². The number of anilines is 2. The predicted octanol–water partition coefficient (Wildman–Crippen LogP) is 4.31. The van der Waals surface area contributed by atoms with Crippen molar-refractivity contribution < 1.29 is 19.1 Å². The van der Waals surface area contributed by atoms with Crippen molar-refractivity contribution in [2.45, 2.75) is 38.8 Å². The Balaban J connectivity index is 1.53. The van der Waals surface area contributed by atoms with Crippen LogP contribution in [0, 0.1) is 6.92 Å². The number of amides is 3. The highest BCUT2D eigenvalue weighted by Gasteiger charge is 2.36. The number of benzene rings is 3. The average Bonchev–Trinajstić information content (AvgIpc) is 3.30. The van der Waals surface area contributed by atoms with Gasteiger partial charge >= 0.3 is 0 Å². The van der Waals surface area contributed by atoms with E-state index in [-0.39, 0.29) is 24.1 Å². The lowest BCUT2D eigenvalue weighted by molar-refractivity contribution is -0.125. The molecule has 3 amide bonds. The molecule has 2 heterocycles. The predicted molar refractivity (Wildman–Crippen MR) is 151 cm³/mol. The Labute approximate surface area is 228 Å². The second kappa shape index (κ2) is 11.7. The number of ether oxygens (including phenoxy) is 1. The summed E-state index contributed by atoms with van der Waals surface area (Å²) in [5, 5.41) is 6.27. The summed E-state index contributed by atoms with van der Waals surface area (Å²) in [4.78, 5) is 44.0. The maximum absolute atomic E-state index is 14.1. The second-order valence-corrected chi connectivity index (χ2v) is 10.1. The Bertz CT molecular complexity index is 1330. The van der Waals surface area contributed by atoms with Gasteiger partial charge < -0.3 is 20.3 Å². The van der Waals surface area contributed by atoms with Gasteiger partial charge in [-0.2, -0.15) is 0 Å². The van der Waals surface area contributed by atoms with Crippen LogP contribution in [0.15, 0.2) is 72.8 Å². The Hall–Kier alpha value is -4.17. The lowest BCUT2D eigenvalue weighted by Crippen LogP contribution is -2.43. The van der Waals surface area contributed by atoms with Crippen LogP contribution in [0.5, 0.6) is 5.75 Å². The Morgan fingerprint density at radius 1 is 0.974 bits per heavy atom. The number of fused-ring (bicyclic) bond motifs is 1. The SMILES string of the molecule is Cc1ccc(C2CC(=O)Nc3cc(C(=O)N4CCCNCC4)ccc3N2C(=O)C(C)Oc2ccccc2)cc1. The minimum absolute atomic E-state index is 0.0720. The normalized spacial score (nSPS) is 18.3. The number of rotatable bonds is 5. The van der Waals surface area contributed by atoms with Crippen molar-refractivity contribution in [3.05, 3.63) is 89.5 Å². The molecule has 2 atom stereocenters. The van der Waals surface area contributed by atoms with Gasteiger partial charge in [0.2, 0.25) is 5.91 Å². The molecule has 5 rings (SSSR count). The number of hydrogen-bond donors (Lipinski definition) is 2. The maximum Gasteiger partial charge on any atom is 0.268 e. The van der Waals surface area contributed by atoms with Gasteiger partial charge in [-0.1, -0.05) is 48.0 Å². The van der Waals surface area contributed by atoms with Crippen molar-refractivity contribution in [2.24, 2.45) is 0 Å². The van der Waals surface area contributed by atoms with Crippen molar-refractivity contribution >= 4 is 29.1 Å². The molecule has 8 nitrogen and oxygen atoms in total. The van der Waals surface area contributed by atoms with E-state index in [0.29, 0.717) is 35.8 Å². The van der Waals surface area contributed by atoms with Crippen molar-refractivity contribution in [1.29, 1.82) is 0 Å². The molecule has 0 radical (unpaired) electrons. The second-order valence-electron chi connectivity index (χ2n) is 10.1. The van der Waals surface area contributed by atoms with E-state index in [2.05, 4.69) is 10.6 Å². The number of para-hydroxylation sites is 1. The van der Waals surface area contributed by atoms with Crippen molar-refractivity contribution in [2.75, 3.05) is 36.4 Å². The number of nitrogens with zero attached hydrogens (tertiary/aromatic N) is 2. The van der Waals surface area contributed by atoms with E-state index >= 15 is 0 Å². The highest BCUT2D eigenvalue weighted by molar-refractivity contribution is 6.07. The molecule has 3 aromatic rings. The molecule has 0 saturated carbocycles. The zero-order valence-electron chi connectivity index (χ0n) is 22.4. The van der Waals surface area contributed by atoms with Gasteiger partial charge in [-0.05, 0) is 62.7 Å². The maximum atomic E-state index is 14.1. The Kier molecular flexibility index (Phi) is 7.93. The molecule has 0 spiro atoms. The van der Waals surface area contributed by atoms with Crippen molar-refractivity contribution in [3.8, 4) is 5.75 Å². The number of aryl methyl sites for hydroxylation is 1. The van der Waals surface area contributed by atoms with Crippen LogP contribution in [0.2, 0.25) is 0 Å². The van der Waals surface area contributed by atoms with E-state index < -0.39 is 12.1 Å². The van der Waals surface area contributed by atoms with E-state index in [1.807, 2.05) is 54.3 Å². The summed E-state index contributed by atoms with van der Waals surface area (Å²) < 4.78 is 6.01. The molecular formula is C31H34N4O4. The van der Waals surface area contributed by atoms with Gasteiger partial charge in [0.05, 0.1) is 23.8 Å². The number of carbonyl (C=O) groups is 3. The Morgan fingerprint density at radius 2 is 1.74 bits per heavy atom. The molecule has 0 aliphatic carbocycles. The quantitative estimate of drug-likeness (QED) is 0.517. The van der Waals surface area contributed by atoms with Gasteiger partial charge in [0.15, 0.2) is 6.10 Å². The molecule has 3 aromatic carbocycles. The van der Waals surface area contributed by atoms with Gasteiger partial charge in [-0.3, -0.25) is 19.3 Å². The van der Waals surface area contributed by atoms with Crippen LogP contribution in [-0.2, 0) is 9.59 Å². The number of carbonyl (C=O) groups excluding carboxylic acids is 3. The van der Waals surface area contributed by atoms with Crippen LogP contribution in [0.4, 0.5) is 11.4 Å². The zero-order chi connectivity index (χ0) is 27.4. The summed E-state index contributed by atoms with van der Waals surface area (Å²) in [5.74, 6) is -0.00622.